The van der Waals surface area contributed by atoms with Crippen LogP contribution in [-0.4, -0.2) is 29.8 Å². The minimum atomic E-state index is -0.590. The third kappa shape index (κ3) is 5.57. The van der Waals surface area contributed by atoms with Crippen LogP contribution in [0.4, 0.5) is 0 Å². The third-order valence-electron chi connectivity index (χ3n) is 5.32. The molecule has 154 valence electrons. The fraction of sp³-hybridized carbons (Fsp3) is 0.231. The van der Waals surface area contributed by atoms with Crippen LogP contribution in [0.2, 0.25) is 0 Å². The maximum Gasteiger partial charge on any atom is 0.242 e. The molecule has 30 heavy (non-hydrogen) atoms. The lowest BCUT2D eigenvalue weighted by molar-refractivity contribution is -0.140. The van der Waals surface area contributed by atoms with E-state index in [0.29, 0.717) is 13.0 Å². The van der Waals surface area contributed by atoms with Crippen LogP contribution >= 0.6 is 0 Å². The number of hydrogen-bond acceptors (Lipinski definition) is 2. The number of carbonyl (C=O) groups is 2. The molecule has 4 heteroatoms. The number of rotatable bonds is 8. The zero-order valence-electron chi connectivity index (χ0n) is 17.5. The summed E-state index contributed by atoms with van der Waals surface area (Å²) in [6.07, 6.45) is 0.724. The Morgan fingerprint density at radius 3 is 2.00 bits per heavy atom. The molecule has 1 N–H and O–H groups in total. The third-order valence-corrected chi connectivity index (χ3v) is 5.32. The largest absolute Gasteiger partial charge is 0.357 e. The van der Waals surface area contributed by atoms with Crippen molar-refractivity contribution in [3.8, 4) is 0 Å². The summed E-state index contributed by atoms with van der Waals surface area (Å²) in [6.45, 7) is 2.42. The Morgan fingerprint density at radius 2 is 1.40 bits per heavy atom. The quantitative estimate of drug-likeness (QED) is 0.623. The molecule has 0 aromatic heterocycles. The molecular weight excluding hydrogens is 372 g/mol. The van der Waals surface area contributed by atoms with Crippen molar-refractivity contribution in [1.82, 2.24) is 10.2 Å². The van der Waals surface area contributed by atoms with Crippen molar-refractivity contribution in [1.29, 1.82) is 0 Å². The number of benzene rings is 3. The number of hydrogen-bond donors (Lipinski definition) is 1. The maximum absolute atomic E-state index is 13.4. The lowest BCUT2D eigenvalue weighted by Crippen LogP contribution is -2.50. The smallest absolute Gasteiger partial charge is 0.242 e. The highest BCUT2D eigenvalue weighted by Crippen LogP contribution is 2.18. The fourth-order valence-electron chi connectivity index (χ4n) is 3.56. The van der Waals surface area contributed by atoms with E-state index in [2.05, 4.69) is 5.32 Å². The second kappa shape index (κ2) is 10.4. The van der Waals surface area contributed by atoms with Crippen molar-refractivity contribution < 1.29 is 9.59 Å². The molecule has 3 aromatic carbocycles. The minimum absolute atomic E-state index is 0.0611. The Labute approximate surface area is 178 Å². The molecule has 0 saturated carbocycles. The van der Waals surface area contributed by atoms with E-state index in [1.165, 1.54) is 0 Å². The normalized spacial score (nSPS) is 11.5. The molecule has 1 unspecified atom stereocenters. The number of nitrogens with one attached hydrogen (secondary N) is 1. The number of aryl methyl sites for hydroxylation is 1. The molecule has 0 bridgehead atoms. The number of nitrogens with zero attached hydrogens (tertiary/aromatic N) is 1. The summed E-state index contributed by atoms with van der Waals surface area (Å²) in [7, 11) is 1.62. The van der Waals surface area contributed by atoms with Crippen LogP contribution in [0.5, 0.6) is 0 Å². The Kier molecular flexibility index (Phi) is 7.39. The van der Waals surface area contributed by atoms with Crippen LogP contribution in [0.1, 0.15) is 22.3 Å². The lowest BCUT2D eigenvalue weighted by Gasteiger charge is -2.31. The molecule has 0 heterocycles. The minimum Gasteiger partial charge on any atom is -0.357 e. The average Bonchev–Trinajstić information content (AvgIpc) is 2.78. The molecule has 3 rings (SSSR count). The van der Waals surface area contributed by atoms with Gasteiger partial charge in [-0.3, -0.25) is 9.59 Å². The molecular formula is C26H28N2O2. The Morgan fingerprint density at radius 1 is 0.833 bits per heavy atom. The van der Waals surface area contributed by atoms with Gasteiger partial charge in [0.1, 0.15) is 6.04 Å². The van der Waals surface area contributed by atoms with E-state index in [9.17, 15) is 9.59 Å². The summed E-state index contributed by atoms with van der Waals surface area (Å²) in [6, 6.07) is 26.9. The highest BCUT2D eigenvalue weighted by Gasteiger charge is 2.30. The van der Waals surface area contributed by atoms with Gasteiger partial charge in [-0.05, 0) is 29.2 Å². The van der Waals surface area contributed by atoms with E-state index in [1.807, 2.05) is 91.9 Å². The molecule has 0 spiro atoms. The molecule has 0 fully saturated rings. The predicted octanol–water partition coefficient (Wildman–Crippen LogP) is 3.92. The topological polar surface area (TPSA) is 49.4 Å². The Balaban J connectivity index is 1.94. The zero-order valence-corrected chi connectivity index (χ0v) is 17.5. The van der Waals surface area contributed by atoms with Gasteiger partial charge in [-0.2, -0.15) is 0 Å². The number of likely N-dealkylation sites (N-methyl/N-ethyl adjacent to an activating group) is 1. The van der Waals surface area contributed by atoms with Gasteiger partial charge in [0.15, 0.2) is 0 Å². The van der Waals surface area contributed by atoms with Crippen LogP contribution in [0.15, 0.2) is 84.9 Å². The van der Waals surface area contributed by atoms with Gasteiger partial charge in [0.05, 0.1) is 6.42 Å². The van der Waals surface area contributed by atoms with Crippen molar-refractivity contribution >= 4 is 11.8 Å². The van der Waals surface area contributed by atoms with Gasteiger partial charge in [-0.25, -0.2) is 0 Å². The van der Waals surface area contributed by atoms with Gasteiger partial charge in [-0.1, -0.05) is 84.9 Å². The lowest BCUT2D eigenvalue weighted by atomic mass is 10.0. The van der Waals surface area contributed by atoms with E-state index < -0.39 is 6.04 Å². The maximum atomic E-state index is 13.4. The summed E-state index contributed by atoms with van der Waals surface area (Å²) in [5.74, 6) is -0.220. The van der Waals surface area contributed by atoms with Crippen LogP contribution in [0.25, 0.3) is 0 Å². The van der Waals surface area contributed by atoms with E-state index in [-0.39, 0.29) is 18.2 Å². The van der Waals surface area contributed by atoms with Gasteiger partial charge in [-0.15, -0.1) is 0 Å². The molecule has 0 aliphatic rings. The van der Waals surface area contributed by atoms with Crippen LogP contribution in [0, 0.1) is 6.92 Å². The van der Waals surface area contributed by atoms with Crippen molar-refractivity contribution in [3.05, 3.63) is 107 Å². The molecule has 0 aliphatic carbocycles. The standard InChI is InChI=1S/C26H28N2O2/c1-20-11-9-10-16-23(20)19-28(25(29)18-22-14-7-4-8-15-22)24(26(30)27-2)17-21-12-5-3-6-13-21/h3-16,24H,17-19H2,1-2H3,(H,27,30). The van der Waals surface area contributed by atoms with E-state index in [1.54, 1.807) is 11.9 Å². The van der Waals surface area contributed by atoms with Gasteiger partial charge < -0.3 is 10.2 Å². The van der Waals surface area contributed by atoms with Gasteiger partial charge >= 0.3 is 0 Å². The van der Waals surface area contributed by atoms with E-state index in [4.69, 9.17) is 0 Å². The van der Waals surface area contributed by atoms with Crippen molar-refractivity contribution in [2.45, 2.75) is 32.4 Å². The molecule has 0 radical (unpaired) electrons. The van der Waals surface area contributed by atoms with Gasteiger partial charge in [0.2, 0.25) is 11.8 Å². The van der Waals surface area contributed by atoms with E-state index in [0.717, 1.165) is 22.3 Å². The van der Waals surface area contributed by atoms with Gasteiger partial charge in [0, 0.05) is 20.0 Å². The molecule has 3 aromatic rings. The molecule has 1 atom stereocenters. The monoisotopic (exact) mass is 400 g/mol. The van der Waals surface area contributed by atoms with Crippen LogP contribution in [-0.2, 0) is 29.0 Å². The van der Waals surface area contributed by atoms with Crippen molar-refractivity contribution in [2.75, 3.05) is 7.05 Å². The first kappa shape index (κ1) is 21.3. The highest BCUT2D eigenvalue weighted by molar-refractivity contribution is 5.88. The number of amides is 2. The first-order valence-corrected chi connectivity index (χ1v) is 10.2. The highest BCUT2D eigenvalue weighted by atomic mass is 16.2. The molecule has 0 aliphatic heterocycles. The van der Waals surface area contributed by atoms with E-state index >= 15 is 0 Å². The summed E-state index contributed by atoms with van der Waals surface area (Å²) < 4.78 is 0. The van der Waals surface area contributed by atoms with Crippen molar-refractivity contribution in [2.24, 2.45) is 0 Å². The van der Waals surface area contributed by atoms with Crippen molar-refractivity contribution in [3.63, 3.8) is 0 Å². The second-order valence-electron chi connectivity index (χ2n) is 7.43. The molecule has 4 nitrogen and oxygen atoms in total. The summed E-state index contributed by atoms with van der Waals surface area (Å²) in [5.41, 5.74) is 4.10. The zero-order chi connectivity index (χ0) is 21.3. The summed E-state index contributed by atoms with van der Waals surface area (Å²) >= 11 is 0. The first-order valence-electron chi connectivity index (χ1n) is 10.2. The summed E-state index contributed by atoms with van der Waals surface area (Å²) in [5, 5.41) is 2.75. The fourth-order valence-corrected chi connectivity index (χ4v) is 3.56. The van der Waals surface area contributed by atoms with Crippen LogP contribution < -0.4 is 5.32 Å². The second-order valence-corrected chi connectivity index (χ2v) is 7.43. The Hall–Kier alpha value is -3.40. The average molecular weight is 401 g/mol. The first-order chi connectivity index (χ1) is 14.6. The number of carbonyl (C=O) groups excluding carboxylic acids is 2. The summed E-state index contributed by atoms with van der Waals surface area (Å²) in [4.78, 5) is 28.0. The van der Waals surface area contributed by atoms with Gasteiger partial charge in [0.25, 0.3) is 0 Å². The molecule has 2 amide bonds. The SMILES string of the molecule is CNC(=O)C(Cc1ccccc1)N(Cc1ccccc1C)C(=O)Cc1ccccc1. The Bertz CT molecular complexity index is 971. The molecule has 0 saturated heterocycles. The predicted molar refractivity (Wildman–Crippen MR) is 120 cm³/mol. The van der Waals surface area contributed by atoms with Crippen LogP contribution in [0.3, 0.4) is 0 Å².